The van der Waals surface area contributed by atoms with Crippen molar-refractivity contribution in [1.29, 1.82) is 0 Å². The van der Waals surface area contributed by atoms with E-state index < -0.39 is 0 Å². The Hall–Kier alpha value is -2.18. The van der Waals surface area contributed by atoms with Gasteiger partial charge in [0.2, 0.25) is 11.7 Å². The zero-order valence-electron chi connectivity index (χ0n) is 16.2. The van der Waals surface area contributed by atoms with Crippen molar-refractivity contribution < 1.29 is 14.0 Å². The molecule has 3 rings (SSSR count). The first kappa shape index (κ1) is 21.5. The number of amides is 2. The largest absolute Gasteiger partial charge is 0.446 e. The lowest BCUT2D eigenvalue weighted by atomic mass is 10.3. The molecule has 0 fully saturated rings. The van der Waals surface area contributed by atoms with E-state index in [0.29, 0.717) is 43.7 Å². The highest BCUT2D eigenvalue weighted by atomic mass is 79.9. The Bertz CT molecular complexity index is 1040. The van der Waals surface area contributed by atoms with E-state index in [1.165, 1.54) is 16.7 Å². The Labute approximate surface area is 184 Å². The van der Waals surface area contributed by atoms with Gasteiger partial charge in [0.15, 0.2) is 20.7 Å². The summed E-state index contributed by atoms with van der Waals surface area (Å²) in [4.78, 5) is 30.7. The van der Waals surface area contributed by atoms with Crippen molar-refractivity contribution in [2.24, 2.45) is 0 Å². The zero-order valence-corrected chi connectivity index (χ0v) is 19.4. The third-order valence-electron chi connectivity index (χ3n) is 3.80. The van der Waals surface area contributed by atoms with Gasteiger partial charge in [-0.25, -0.2) is 4.98 Å². The number of hydrogen-bond acceptors (Lipinski definition) is 8. The van der Waals surface area contributed by atoms with Gasteiger partial charge in [0.05, 0.1) is 11.4 Å². The number of thioether (sulfide) groups is 1. The summed E-state index contributed by atoms with van der Waals surface area (Å²) in [7, 11) is 3.35. The maximum atomic E-state index is 12.3. The van der Waals surface area contributed by atoms with Gasteiger partial charge in [-0.15, -0.1) is 10.2 Å². The molecule has 0 saturated heterocycles. The van der Waals surface area contributed by atoms with Crippen LogP contribution in [0.25, 0.3) is 11.6 Å². The van der Waals surface area contributed by atoms with Crippen LogP contribution in [-0.4, -0.2) is 56.3 Å². The summed E-state index contributed by atoms with van der Waals surface area (Å²) in [5.74, 6) is 0.959. The summed E-state index contributed by atoms with van der Waals surface area (Å²) in [5.41, 5.74) is 0.594. The number of halogens is 1. The molecule has 0 radical (unpaired) electrons. The normalized spacial score (nSPS) is 10.9. The fraction of sp³-hybridized carbons (Fsp3) is 0.353. The fourth-order valence-electron chi connectivity index (χ4n) is 2.43. The smallest absolute Gasteiger partial charge is 0.265 e. The van der Waals surface area contributed by atoms with Crippen molar-refractivity contribution >= 4 is 56.0 Å². The summed E-state index contributed by atoms with van der Waals surface area (Å²) in [5, 5.41) is 12.1. The number of hydrogen-bond donors (Lipinski definition) is 1. The van der Waals surface area contributed by atoms with Crippen LogP contribution in [0.5, 0.6) is 0 Å². The second kappa shape index (κ2) is 9.09. The molecule has 0 aliphatic heterocycles. The summed E-state index contributed by atoms with van der Waals surface area (Å²) >= 11 is 5.71. The van der Waals surface area contributed by atoms with Crippen LogP contribution in [0.3, 0.4) is 0 Å². The summed E-state index contributed by atoms with van der Waals surface area (Å²) in [6.45, 7) is 4.35. The number of carbonyl (C=O) groups is 2. The Morgan fingerprint density at radius 3 is 2.72 bits per heavy atom. The maximum Gasteiger partial charge on any atom is 0.265 e. The minimum absolute atomic E-state index is 0.134. The Morgan fingerprint density at radius 2 is 2.10 bits per heavy atom. The fourth-order valence-corrected chi connectivity index (χ4v) is 4.55. The van der Waals surface area contributed by atoms with Crippen LogP contribution in [0, 0.1) is 6.92 Å². The molecule has 0 atom stereocenters. The average Bonchev–Trinajstić information content (AvgIpc) is 3.37. The van der Waals surface area contributed by atoms with Crippen LogP contribution in [0.2, 0.25) is 0 Å². The minimum atomic E-state index is -0.236. The quantitative estimate of drug-likeness (QED) is 0.496. The molecule has 3 aromatic rings. The molecule has 29 heavy (non-hydrogen) atoms. The predicted octanol–water partition coefficient (Wildman–Crippen LogP) is 3.52. The molecule has 0 aliphatic rings. The summed E-state index contributed by atoms with van der Waals surface area (Å²) in [6.07, 6.45) is 0. The van der Waals surface area contributed by atoms with Gasteiger partial charge < -0.3 is 14.6 Å². The number of carbonyl (C=O) groups excluding carboxylic acids is 2. The molecule has 3 aromatic heterocycles. The highest BCUT2D eigenvalue weighted by molar-refractivity contribution is 9.10. The molecule has 0 saturated carbocycles. The van der Waals surface area contributed by atoms with Gasteiger partial charge in [-0.05, 0) is 41.9 Å². The number of rotatable bonds is 7. The number of aryl methyl sites for hydroxylation is 1. The van der Waals surface area contributed by atoms with Gasteiger partial charge in [0, 0.05) is 20.6 Å². The topological polar surface area (TPSA) is 106 Å². The molecular formula is C17H19BrN6O3S2. The van der Waals surface area contributed by atoms with Gasteiger partial charge in [-0.1, -0.05) is 23.1 Å². The number of aromatic nitrogens is 4. The Balaban J connectivity index is 1.65. The SMILES string of the molecule is CCn1c(SCC(=O)Nc2nc(C)c(C(=O)N(C)C)s2)nnc1-c1ccc(Br)o1. The molecule has 12 heteroatoms. The highest BCUT2D eigenvalue weighted by Gasteiger charge is 2.20. The van der Waals surface area contributed by atoms with Crippen molar-refractivity contribution in [2.45, 2.75) is 25.5 Å². The molecule has 0 spiro atoms. The lowest BCUT2D eigenvalue weighted by Gasteiger charge is -2.07. The number of anilines is 1. The molecule has 0 bridgehead atoms. The van der Waals surface area contributed by atoms with Crippen LogP contribution < -0.4 is 5.32 Å². The second-order valence-electron chi connectivity index (χ2n) is 6.12. The van der Waals surface area contributed by atoms with Crippen LogP contribution in [-0.2, 0) is 11.3 Å². The summed E-state index contributed by atoms with van der Waals surface area (Å²) < 4.78 is 8.03. The van der Waals surface area contributed by atoms with Crippen molar-refractivity contribution in [3.05, 3.63) is 27.4 Å². The minimum Gasteiger partial charge on any atom is -0.446 e. The van der Waals surface area contributed by atoms with Gasteiger partial charge in [-0.3, -0.25) is 14.2 Å². The lowest BCUT2D eigenvalue weighted by Crippen LogP contribution is -2.21. The number of thiazole rings is 1. The molecule has 0 aromatic carbocycles. The molecular weight excluding hydrogens is 480 g/mol. The van der Waals surface area contributed by atoms with Crippen LogP contribution in [0.4, 0.5) is 5.13 Å². The van der Waals surface area contributed by atoms with Crippen LogP contribution in [0.15, 0.2) is 26.4 Å². The van der Waals surface area contributed by atoms with Gasteiger partial charge in [0.1, 0.15) is 4.88 Å². The second-order valence-corrected chi connectivity index (χ2v) is 8.85. The molecule has 3 heterocycles. The summed E-state index contributed by atoms with van der Waals surface area (Å²) in [6, 6.07) is 3.59. The lowest BCUT2D eigenvalue weighted by molar-refractivity contribution is -0.113. The van der Waals surface area contributed by atoms with Crippen molar-refractivity contribution in [2.75, 3.05) is 25.2 Å². The van der Waals surface area contributed by atoms with Gasteiger partial charge in [0.25, 0.3) is 5.91 Å². The van der Waals surface area contributed by atoms with E-state index in [1.54, 1.807) is 33.2 Å². The van der Waals surface area contributed by atoms with E-state index in [2.05, 4.69) is 36.4 Å². The molecule has 2 amide bonds. The molecule has 0 aliphatic carbocycles. The van der Waals surface area contributed by atoms with Gasteiger partial charge >= 0.3 is 0 Å². The van der Waals surface area contributed by atoms with Crippen molar-refractivity contribution in [1.82, 2.24) is 24.6 Å². The number of furan rings is 1. The number of nitrogens with zero attached hydrogens (tertiary/aromatic N) is 5. The van der Waals surface area contributed by atoms with Crippen LogP contribution in [0.1, 0.15) is 22.3 Å². The first-order chi connectivity index (χ1) is 13.8. The molecule has 1 N–H and O–H groups in total. The van der Waals surface area contributed by atoms with Gasteiger partial charge in [-0.2, -0.15) is 0 Å². The van der Waals surface area contributed by atoms with E-state index in [0.717, 1.165) is 11.3 Å². The molecule has 154 valence electrons. The van der Waals surface area contributed by atoms with E-state index in [1.807, 2.05) is 11.5 Å². The first-order valence-corrected chi connectivity index (χ1v) is 11.2. The predicted molar refractivity (Wildman–Crippen MR) is 115 cm³/mol. The molecule has 0 unspecified atom stereocenters. The maximum absolute atomic E-state index is 12.3. The first-order valence-electron chi connectivity index (χ1n) is 8.60. The highest BCUT2D eigenvalue weighted by Crippen LogP contribution is 2.28. The zero-order chi connectivity index (χ0) is 21.1. The average molecular weight is 499 g/mol. The Kier molecular flexibility index (Phi) is 6.75. The third-order valence-corrected chi connectivity index (χ3v) is 6.26. The van der Waals surface area contributed by atoms with E-state index in [4.69, 9.17) is 4.42 Å². The van der Waals surface area contributed by atoms with E-state index in [9.17, 15) is 9.59 Å². The third kappa shape index (κ3) is 4.87. The Morgan fingerprint density at radius 1 is 1.34 bits per heavy atom. The van der Waals surface area contributed by atoms with E-state index >= 15 is 0 Å². The van der Waals surface area contributed by atoms with Crippen molar-refractivity contribution in [3.8, 4) is 11.6 Å². The van der Waals surface area contributed by atoms with Crippen LogP contribution >= 0.6 is 39.0 Å². The number of nitrogens with one attached hydrogen (secondary N) is 1. The van der Waals surface area contributed by atoms with Crippen molar-refractivity contribution in [3.63, 3.8) is 0 Å². The molecule has 9 nitrogen and oxygen atoms in total. The standard InChI is InChI=1S/C17H19BrN6O3S2/c1-5-24-14(10-6-7-11(18)27-10)21-22-17(24)28-8-12(25)20-16-19-9(2)13(29-16)15(26)23(3)4/h6-7H,5,8H2,1-4H3,(H,19,20,25). The van der Waals surface area contributed by atoms with E-state index in [-0.39, 0.29) is 17.6 Å². The monoisotopic (exact) mass is 498 g/mol.